The fraction of sp³-hybridized carbons (Fsp3) is 0.368. The number of anilines is 2. The molecule has 2 N–H and O–H groups in total. The molecule has 0 amide bonds. The molecule has 1 heterocycles. The highest BCUT2D eigenvalue weighted by atomic mass is 32.2. The Hall–Kier alpha value is -2.25. The molecule has 1 saturated heterocycles. The summed E-state index contributed by atoms with van der Waals surface area (Å²) >= 11 is 0. The van der Waals surface area contributed by atoms with Crippen LogP contribution in [0.3, 0.4) is 0 Å². The lowest BCUT2D eigenvalue weighted by molar-refractivity contribution is 0.412. The number of aryl methyl sites for hydroxylation is 1. The van der Waals surface area contributed by atoms with Gasteiger partial charge in [-0.3, -0.25) is 4.72 Å². The molecule has 7 heteroatoms. The smallest absolute Gasteiger partial charge is 0.261 e. The summed E-state index contributed by atoms with van der Waals surface area (Å²) in [4.78, 5) is 2.38. The largest absolute Gasteiger partial charge is 0.495 e. The molecule has 0 aromatic heterocycles. The molecule has 0 radical (unpaired) electrons. The third kappa shape index (κ3) is 3.94. The fourth-order valence-corrected chi connectivity index (χ4v) is 4.24. The lowest BCUT2D eigenvalue weighted by atomic mass is 10.1. The van der Waals surface area contributed by atoms with Crippen LogP contribution in [0.1, 0.15) is 12.5 Å². The molecule has 0 atom stereocenters. The van der Waals surface area contributed by atoms with Gasteiger partial charge in [-0.05, 0) is 36.2 Å². The van der Waals surface area contributed by atoms with Crippen LogP contribution < -0.4 is 19.7 Å². The highest BCUT2D eigenvalue weighted by Gasteiger charge is 2.21. The minimum Gasteiger partial charge on any atom is -0.495 e. The van der Waals surface area contributed by atoms with Crippen LogP contribution in [0.2, 0.25) is 0 Å². The van der Waals surface area contributed by atoms with Crippen molar-refractivity contribution < 1.29 is 13.2 Å². The van der Waals surface area contributed by atoms with Gasteiger partial charge in [-0.15, -0.1) is 0 Å². The summed E-state index contributed by atoms with van der Waals surface area (Å²) in [5.41, 5.74) is 2.39. The van der Waals surface area contributed by atoms with Gasteiger partial charge in [-0.1, -0.05) is 25.1 Å². The van der Waals surface area contributed by atoms with Crippen molar-refractivity contribution in [2.75, 3.05) is 42.9 Å². The second kappa shape index (κ2) is 7.97. The van der Waals surface area contributed by atoms with Gasteiger partial charge in [-0.25, -0.2) is 8.42 Å². The van der Waals surface area contributed by atoms with Crippen molar-refractivity contribution in [3.8, 4) is 5.75 Å². The lowest BCUT2D eigenvalue weighted by Gasteiger charge is -2.30. The van der Waals surface area contributed by atoms with Gasteiger partial charge in [0.25, 0.3) is 10.0 Å². The van der Waals surface area contributed by atoms with Crippen molar-refractivity contribution in [1.82, 2.24) is 5.32 Å². The van der Waals surface area contributed by atoms with Crippen LogP contribution in [0, 0.1) is 0 Å². The summed E-state index contributed by atoms with van der Waals surface area (Å²) in [6.07, 6.45) is 0.757. The summed E-state index contributed by atoms with van der Waals surface area (Å²) in [6.45, 7) is 5.35. The first kappa shape index (κ1) is 18.5. The Kier molecular flexibility index (Phi) is 5.68. The van der Waals surface area contributed by atoms with Gasteiger partial charge in [0, 0.05) is 26.2 Å². The molecular formula is C19H25N3O3S. The molecule has 26 heavy (non-hydrogen) atoms. The Balaban J connectivity index is 1.94. The quantitative estimate of drug-likeness (QED) is 0.812. The third-order valence-electron chi connectivity index (χ3n) is 4.56. The van der Waals surface area contributed by atoms with E-state index in [1.54, 1.807) is 31.4 Å². The molecule has 0 spiro atoms. The van der Waals surface area contributed by atoms with Crippen molar-refractivity contribution in [1.29, 1.82) is 0 Å². The molecule has 140 valence electrons. The standard InChI is InChI=1S/C19H25N3O3S/c1-3-15-6-4-5-7-17(15)21-26(23,24)16-8-9-19(25-2)18(14-16)22-12-10-20-11-13-22/h4-9,14,20-21H,3,10-13H2,1-2H3. The number of rotatable bonds is 6. The van der Waals surface area contributed by atoms with Crippen LogP contribution in [0.4, 0.5) is 11.4 Å². The molecule has 2 aromatic rings. The van der Waals surface area contributed by atoms with E-state index in [1.165, 1.54) is 0 Å². The van der Waals surface area contributed by atoms with E-state index in [0.29, 0.717) is 11.4 Å². The predicted octanol–water partition coefficient (Wildman–Crippen LogP) is 2.47. The molecule has 1 aliphatic heterocycles. The first-order valence-electron chi connectivity index (χ1n) is 8.79. The average molecular weight is 375 g/mol. The topological polar surface area (TPSA) is 70.7 Å². The van der Waals surface area contributed by atoms with Gasteiger partial charge in [0.15, 0.2) is 0 Å². The van der Waals surface area contributed by atoms with Crippen LogP contribution in [-0.2, 0) is 16.4 Å². The van der Waals surface area contributed by atoms with Gasteiger partial charge in [0.2, 0.25) is 0 Å². The van der Waals surface area contributed by atoms with E-state index in [1.807, 2.05) is 25.1 Å². The number of benzene rings is 2. The second-order valence-electron chi connectivity index (χ2n) is 6.19. The van der Waals surface area contributed by atoms with Crippen molar-refractivity contribution in [3.63, 3.8) is 0 Å². The Labute approximate surface area is 155 Å². The van der Waals surface area contributed by atoms with Gasteiger partial charge in [0.05, 0.1) is 23.4 Å². The highest BCUT2D eigenvalue weighted by molar-refractivity contribution is 7.92. The summed E-state index contributed by atoms with van der Waals surface area (Å²) in [7, 11) is -2.08. The Morgan fingerprint density at radius 1 is 1.15 bits per heavy atom. The molecule has 0 bridgehead atoms. The van der Waals surface area contributed by atoms with Gasteiger partial charge < -0.3 is 15.0 Å². The zero-order chi connectivity index (χ0) is 18.6. The van der Waals surface area contributed by atoms with E-state index in [4.69, 9.17) is 4.74 Å². The molecule has 3 rings (SSSR count). The van der Waals surface area contributed by atoms with E-state index < -0.39 is 10.0 Å². The number of ether oxygens (including phenoxy) is 1. The summed E-state index contributed by atoms with van der Waals surface area (Å²) in [6, 6.07) is 12.5. The van der Waals surface area contributed by atoms with Crippen molar-refractivity contribution in [3.05, 3.63) is 48.0 Å². The molecule has 1 aliphatic rings. The van der Waals surface area contributed by atoms with Gasteiger partial charge in [0.1, 0.15) is 5.75 Å². The minimum atomic E-state index is -3.68. The molecule has 2 aromatic carbocycles. The van der Waals surface area contributed by atoms with Crippen LogP contribution in [-0.4, -0.2) is 41.7 Å². The Bertz CT molecular complexity index is 862. The van der Waals surface area contributed by atoms with E-state index in [9.17, 15) is 8.42 Å². The van der Waals surface area contributed by atoms with Gasteiger partial charge >= 0.3 is 0 Å². The molecule has 0 unspecified atom stereocenters. The van der Waals surface area contributed by atoms with Crippen LogP contribution in [0.5, 0.6) is 5.75 Å². The SMILES string of the molecule is CCc1ccccc1NS(=O)(=O)c1ccc(OC)c(N2CCNCC2)c1. The van der Waals surface area contributed by atoms with E-state index in [-0.39, 0.29) is 4.90 Å². The first-order chi connectivity index (χ1) is 12.5. The maximum Gasteiger partial charge on any atom is 0.261 e. The van der Waals surface area contributed by atoms with E-state index >= 15 is 0 Å². The second-order valence-corrected chi connectivity index (χ2v) is 7.87. The molecule has 6 nitrogen and oxygen atoms in total. The molecular weight excluding hydrogens is 350 g/mol. The monoisotopic (exact) mass is 375 g/mol. The van der Waals surface area contributed by atoms with Crippen LogP contribution in [0.15, 0.2) is 47.4 Å². The third-order valence-corrected chi connectivity index (χ3v) is 5.92. The number of nitrogens with zero attached hydrogens (tertiary/aromatic N) is 1. The summed E-state index contributed by atoms with van der Waals surface area (Å²) in [5, 5.41) is 3.30. The van der Waals surface area contributed by atoms with Crippen LogP contribution in [0.25, 0.3) is 0 Å². The number of para-hydroxylation sites is 1. The maximum absolute atomic E-state index is 12.9. The first-order valence-corrected chi connectivity index (χ1v) is 10.3. The van der Waals surface area contributed by atoms with Crippen molar-refractivity contribution in [2.24, 2.45) is 0 Å². The molecule has 0 aliphatic carbocycles. The lowest BCUT2D eigenvalue weighted by Crippen LogP contribution is -2.43. The van der Waals surface area contributed by atoms with Crippen molar-refractivity contribution in [2.45, 2.75) is 18.2 Å². The number of hydrogen-bond donors (Lipinski definition) is 2. The maximum atomic E-state index is 12.9. The molecule has 1 fully saturated rings. The Morgan fingerprint density at radius 2 is 1.88 bits per heavy atom. The summed E-state index contributed by atoms with van der Waals surface area (Å²) in [5.74, 6) is 0.680. The number of methoxy groups -OCH3 is 1. The zero-order valence-corrected chi connectivity index (χ0v) is 16.0. The number of nitrogens with one attached hydrogen (secondary N) is 2. The summed E-state index contributed by atoms with van der Waals surface area (Å²) < 4.78 is 34.0. The van der Waals surface area contributed by atoms with Crippen LogP contribution >= 0.6 is 0 Å². The normalized spacial score (nSPS) is 14.9. The highest BCUT2D eigenvalue weighted by Crippen LogP contribution is 2.32. The number of piperazine rings is 1. The van der Waals surface area contributed by atoms with E-state index in [2.05, 4.69) is 14.9 Å². The van der Waals surface area contributed by atoms with E-state index in [0.717, 1.165) is 43.9 Å². The Morgan fingerprint density at radius 3 is 2.58 bits per heavy atom. The zero-order valence-electron chi connectivity index (χ0n) is 15.2. The average Bonchev–Trinajstić information content (AvgIpc) is 2.68. The number of sulfonamides is 1. The van der Waals surface area contributed by atoms with Gasteiger partial charge in [-0.2, -0.15) is 0 Å². The fourth-order valence-electron chi connectivity index (χ4n) is 3.12. The number of hydrogen-bond acceptors (Lipinski definition) is 5. The van der Waals surface area contributed by atoms with Crippen molar-refractivity contribution >= 4 is 21.4 Å². The molecule has 0 saturated carbocycles. The minimum absolute atomic E-state index is 0.234. The predicted molar refractivity (Wildman–Crippen MR) is 105 cm³/mol.